The molecule has 0 aromatic heterocycles. The third-order valence-electron chi connectivity index (χ3n) is 3.44. The third kappa shape index (κ3) is 3.78. The number of Topliss-reactive ketones (excluding diaryl/α,β-unsaturated/α-hetero) is 1. The molecule has 0 spiro atoms. The van der Waals surface area contributed by atoms with Crippen molar-refractivity contribution >= 4 is 23.4 Å². The van der Waals surface area contributed by atoms with Crippen molar-refractivity contribution in [3.63, 3.8) is 0 Å². The lowest BCUT2D eigenvalue weighted by molar-refractivity contribution is -0.138. The molecule has 1 aliphatic heterocycles. The predicted molar refractivity (Wildman–Crippen MR) is 80.5 cm³/mol. The highest BCUT2D eigenvalue weighted by Gasteiger charge is 2.24. The second-order valence-electron chi connectivity index (χ2n) is 5.06. The molecule has 1 aliphatic rings. The maximum atomic E-state index is 12.2. The molecule has 2 rings (SSSR count). The minimum atomic E-state index is -0.902. The lowest BCUT2D eigenvalue weighted by Crippen LogP contribution is -2.34. The van der Waals surface area contributed by atoms with Crippen molar-refractivity contribution in [2.45, 2.75) is 39.2 Å². The van der Waals surface area contributed by atoms with Crippen LogP contribution < -0.4 is 5.43 Å². The number of hydrogen-bond acceptors (Lipinski definition) is 5. The molecule has 1 heterocycles. The van der Waals surface area contributed by atoms with E-state index in [1.807, 2.05) is 19.1 Å². The second kappa shape index (κ2) is 6.98. The van der Waals surface area contributed by atoms with Crippen LogP contribution in [0.25, 0.3) is 0 Å². The summed E-state index contributed by atoms with van der Waals surface area (Å²) in [7, 11) is 0. The number of nitrogens with one attached hydrogen (secondary N) is 1. The molecule has 22 heavy (non-hydrogen) atoms. The summed E-state index contributed by atoms with van der Waals surface area (Å²) < 4.78 is 5.13. The summed E-state index contributed by atoms with van der Waals surface area (Å²) in [6, 6.07) is 7.21. The number of hydrogen-bond donors (Lipinski definition) is 1. The van der Waals surface area contributed by atoms with Crippen molar-refractivity contribution in [3.8, 4) is 0 Å². The van der Waals surface area contributed by atoms with Crippen LogP contribution in [0.3, 0.4) is 0 Å². The maximum absolute atomic E-state index is 12.2. The van der Waals surface area contributed by atoms with E-state index < -0.39 is 12.1 Å². The van der Waals surface area contributed by atoms with Crippen LogP contribution in [0, 0.1) is 0 Å². The highest BCUT2D eigenvalue weighted by atomic mass is 16.5. The van der Waals surface area contributed by atoms with Crippen LogP contribution in [0.2, 0.25) is 0 Å². The number of rotatable bonds is 5. The van der Waals surface area contributed by atoms with Gasteiger partial charge >= 0.3 is 5.97 Å². The molecule has 1 unspecified atom stereocenters. The molecule has 0 bridgehead atoms. The van der Waals surface area contributed by atoms with Gasteiger partial charge in [-0.05, 0) is 18.9 Å². The molecule has 0 saturated carbocycles. The van der Waals surface area contributed by atoms with Gasteiger partial charge in [0.1, 0.15) is 5.71 Å². The van der Waals surface area contributed by atoms with Gasteiger partial charge in [0.2, 0.25) is 11.7 Å². The number of aryl methyl sites for hydroxylation is 1. The first-order valence-electron chi connectivity index (χ1n) is 7.20. The fourth-order valence-corrected chi connectivity index (χ4v) is 2.04. The Kier molecular flexibility index (Phi) is 5.04. The molecule has 0 saturated heterocycles. The van der Waals surface area contributed by atoms with Crippen molar-refractivity contribution in [2.24, 2.45) is 5.10 Å². The van der Waals surface area contributed by atoms with Crippen LogP contribution in [0.4, 0.5) is 0 Å². The highest BCUT2D eigenvalue weighted by Crippen LogP contribution is 2.11. The summed E-state index contributed by atoms with van der Waals surface area (Å²) >= 11 is 0. The first kappa shape index (κ1) is 15.9. The zero-order chi connectivity index (χ0) is 16.1. The van der Waals surface area contributed by atoms with E-state index in [0.717, 1.165) is 12.0 Å². The molecule has 1 aromatic rings. The number of esters is 1. The molecule has 1 amide bonds. The standard InChI is InChI=1S/C16H18N2O4/c1-3-11-4-6-12(7-5-11)15(20)10(2)22-16(21)13-8-9-14(19)18-17-13/h4-7,10H,3,8-9H2,1-2H3,(H,18,19). The minimum Gasteiger partial charge on any atom is -0.450 e. The van der Waals surface area contributed by atoms with E-state index in [1.54, 1.807) is 12.1 Å². The summed E-state index contributed by atoms with van der Waals surface area (Å²) in [6.45, 7) is 3.56. The van der Waals surface area contributed by atoms with Crippen LogP contribution in [0.1, 0.15) is 42.6 Å². The molecule has 0 radical (unpaired) electrons. The van der Waals surface area contributed by atoms with Crippen molar-refractivity contribution in [2.75, 3.05) is 0 Å². The summed E-state index contributed by atoms with van der Waals surface area (Å²) in [5.74, 6) is -1.18. The number of carbonyl (C=O) groups excluding carboxylic acids is 3. The lowest BCUT2D eigenvalue weighted by atomic mass is 10.0. The lowest BCUT2D eigenvalue weighted by Gasteiger charge is -2.15. The Morgan fingerprint density at radius 3 is 2.50 bits per heavy atom. The Balaban J connectivity index is 1.98. The number of nitrogens with zero attached hydrogens (tertiary/aromatic N) is 1. The molecule has 6 nitrogen and oxygen atoms in total. The van der Waals surface area contributed by atoms with Gasteiger partial charge in [0.25, 0.3) is 0 Å². The van der Waals surface area contributed by atoms with Crippen LogP contribution in [0.5, 0.6) is 0 Å². The molecule has 1 aromatic carbocycles. The zero-order valence-electron chi connectivity index (χ0n) is 12.6. The van der Waals surface area contributed by atoms with Gasteiger partial charge in [-0.2, -0.15) is 5.10 Å². The van der Waals surface area contributed by atoms with Gasteiger partial charge in [0.15, 0.2) is 6.10 Å². The Bertz CT molecular complexity index is 620. The van der Waals surface area contributed by atoms with E-state index >= 15 is 0 Å². The molecule has 1 atom stereocenters. The Morgan fingerprint density at radius 2 is 1.95 bits per heavy atom. The topological polar surface area (TPSA) is 84.8 Å². The smallest absolute Gasteiger partial charge is 0.355 e. The van der Waals surface area contributed by atoms with E-state index in [2.05, 4.69) is 10.5 Å². The van der Waals surface area contributed by atoms with Gasteiger partial charge in [0, 0.05) is 18.4 Å². The summed E-state index contributed by atoms with van der Waals surface area (Å²) in [5.41, 5.74) is 3.98. The first-order valence-corrected chi connectivity index (χ1v) is 7.20. The van der Waals surface area contributed by atoms with Gasteiger partial charge in [-0.25, -0.2) is 10.2 Å². The van der Waals surface area contributed by atoms with Gasteiger partial charge in [-0.3, -0.25) is 9.59 Å². The third-order valence-corrected chi connectivity index (χ3v) is 3.44. The fourth-order valence-electron chi connectivity index (χ4n) is 2.04. The molecule has 116 valence electrons. The summed E-state index contributed by atoms with van der Waals surface area (Å²) in [5, 5.41) is 3.65. The van der Waals surface area contributed by atoms with Crippen LogP contribution in [-0.4, -0.2) is 29.5 Å². The fraction of sp³-hybridized carbons (Fsp3) is 0.375. The Hall–Kier alpha value is -2.50. The van der Waals surface area contributed by atoms with Crippen molar-refractivity contribution in [3.05, 3.63) is 35.4 Å². The van der Waals surface area contributed by atoms with Crippen molar-refractivity contribution in [1.29, 1.82) is 0 Å². The monoisotopic (exact) mass is 302 g/mol. The zero-order valence-corrected chi connectivity index (χ0v) is 12.6. The van der Waals surface area contributed by atoms with Crippen molar-refractivity contribution in [1.82, 2.24) is 5.43 Å². The normalized spacial score (nSPS) is 15.5. The number of ether oxygens (including phenoxy) is 1. The minimum absolute atomic E-state index is 0.126. The Morgan fingerprint density at radius 1 is 1.27 bits per heavy atom. The van der Waals surface area contributed by atoms with Gasteiger partial charge in [-0.15, -0.1) is 0 Å². The van der Waals surface area contributed by atoms with E-state index in [1.165, 1.54) is 6.92 Å². The number of amides is 1. The van der Waals surface area contributed by atoms with E-state index in [9.17, 15) is 14.4 Å². The van der Waals surface area contributed by atoms with Crippen LogP contribution in [0.15, 0.2) is 29.4 Å². The molecular formula is C16H18N2O4. The van der Waals surface area contributed by atoms with Crippen LogP contribution in [-0.2, 0) is 20.7 Å². The van der Waals surface area contributed by atoms with E-state index in [4.69, 9.17) is 4.74 Å². The highest BCUT2D eigenvalue weighted by molar-refractivity contribution is 6.37. The average molecular weight is 302 g/mol. The first-order chi connectivity index (χ1) is 10.5. The second-order valence-corrected chi connectivity index (χ2v) is 5.06. The van der Waals surface area contributed by atoms with Gasteiger partial charge in [0.05, 0.1) is 0 Å². The quantitative estimate of drug-likeness (QED) is 0.661. The van der Waals surface area contributed by atoms with E-state index in [0.29, 0.717) is 5.56 Å². The maximum Gasteiger partial charge on any atom is 0.355 e. The SMILES string of the molecule is CCc1ccc(C(=O)C(C)OC(=O)C2=NNC(=O)CC2)cc1. The predicted octanol–water partition coefficient (Wildman–Crippen LogP) is 1.63. The largest absolute Gasteiger partial charge is 0.450 e. The number of benzene rings is 1. The molecule has 1 N–H and O–H groups in total. The number of carbonyl (C=O) groups is 3. The molecule has 0 aliphatic carbocycles. The van der Waals surface area contributed by atoms with Gasteiger partial charge in [-0.1, -0.05) is 31.2 Å². The van der Waals surface area contributed by atoms with Crippen molar-refractivity contribution < 1.29 is 19.1 Å². The summed E-state index contributed by atoms with van der Waals surface area (Å²) in [4.78, 5) is 35.1. The number of ketones is 1. The average Bonchev–Trinajstić information content (AvgIpc) is 2.54. The molecule has 6 heteroatoms. The molecule has 0 fully saturated rings. The van der Waals surface area contributed by atoms with E-state index in [-0.39, 0.29) is 30.2 Å². The van der Waals surface area contributed by atoms with Crippen LogP contribution >= 0.6 is 0 Å². The Labute approximate surface area is 128 Å². The van der Waals surface area contributed by atoms with Gasteiger partial charge < -0.3 is 4.74 Å². The summed E-state index contributed by atoms with van der Waals surface area (Å²) in [6.07, 6.45) is 0.399. The molecular weight excluding hydrogens is 284 g/mol. The number of hydrazone groups is 1.